The summed E-state index contributed by atoms with van der Waals surface area (Å²) in [5, 5.41) is 1.99. The lowest BCUT2D eigenvalue weighted by molar-refractivity contribution is 1.38. The van der Waals surface area contributed by atoms with Gasteiger partial charge in [-0.15, -0.1) is 11.8 Å². The van der Waals surface area contributed by atoms with Crippen LogP contribution in [-0.4, -0.2) is 0 Å². The van der Waals surface area contributed by atoms with Gasteiger partial charge in [0.05, 0.1) is 0 Å². The minimum Gasteiger partial charge on any atom is -0.398 e. The SMILES string of the molecule is Nc1ccc(Cl)cc1SCc1c(Cl)cccc1Cl. The molecule has 0 saturated carbocycles. The normalized spacial score (nSPS) is 10.6. The Morgan fingerprint density at radius 3 is 2.33 bits per heavy atom. The Morgan fingerprint density at radius 1 is 1.00 bits per heavy atom. The molecule has 94 valence electrons. The molecule has 5 heteroatoms. The van der Waals surface area contributed by atoms with E-state index in [-0.39, 0.29) is 0 Å². The number of rotatable bonds is 3. The van der Waals surface area contributed by atoms with Crippen molar-refractivity contribution in [2.75, 3.05) is 5.73 Å². The molecule has 2 aromatic rings. The van der Waals surface area contributed by atoms with Gasteiger partial charge in [-0.05, 0) is 35.9 Å². The lowest BCUT2D eigenvalue weighted by Gasteiger charge is -2.08. The summed E-state index contributed by atoms with van der Waals surface area (Å²) in [5.74, 6) is 0.656. The Morgan fingerprint density at radius 2 is 1.67 bits per heavy atom. The molecular formula is C13H10Cl3NS. The van der Waals surface area contributed by atoms with Gasteiger partial charge in [0.25, 0.3) is 0 Å². The quantitative estimate of drug-likeness (QED) is 0.595. The van der Waals surface area contributed by atoms with E-state index in [1.54, 1.807) is 23.9 Å². The Labute approximate surface area is 125 Å². The molecule has 18 heavy (non-hydrogen) atoms. The maximum Gasteiger partial charge on any atom is 0.0461 e. The molecule has 0 aliphatic carbocycles. The monoisotopic (exact) mass is 317 g/mol. The van der Waals surface area contributed by atoms with Crippen LogP contribution in [0.2, 0.25) is 15.1 Å². The van der Waals surface area contributed by atoms with E-state index in [1.807, 2.05) is 24.3 Å². The second-order valence-corrected chi connectivity index (χ2v) is 5.94. The lowest BCUT2D eigenvalue weighted by Crippen LogP contribution is -1.90. The maximum atomic E-state index is 6.11. The summed E-state index contributed by atoms with van der Waals surface area (Å²) >= 11 is 19.7. The summed E-state index contributed by atoms with van der Waals surface area (Å²) in [6, 6.07) is 10.9. The van der Waals surface area contributed by atoms with Gasteiger partial charge in [-0.3, -0.25) is 0 Å². The number of hydrogen-bond donors (Lipinski definition) is 1. The van der Waals surface area contributed by atoms with E-state index in [4.69, 9.17) is 40.5 Å². The molecular weight excluding hydrogens is 309 g/mol. The van der Waals surface area contributed by atoms with Crippen LogP contribution in [0.3, 0.4) is 0 Å². The molecule has 0 saturated heterocycles. The fourth-order valence-corrected chi connectivity index (χ4v) is 3.44. The first-order valence-corrected chi connectivity index (χ1v) is 7.30. The first-order valence-electron chi connectivity index (χ1n) is 5.18. The van der Waals surface area contributed by atoms with Gasteiger partial charge in [-0.2, -0.15) is 0 Å². The van der Waals surface area contributed by atoms with Crippen molar-refractivity contribution < 1.29 is 0 Å². The summed E-state index contributed by atoms with van der Waals surface area (Å²) < 4.78 is 0. The average Bonchev–Trinajstić information content (AvgIpc) is 2.33. The van der Waals surface area contributed by atoms with Crippen molar-refractivity contribution in [1.29, 1.82) is 0 Å². The zero-order valence-corrected chi connectivity index (χ0v) is 12.4. The smallest absolute Gasteiger partial charge is 0.0461 e. The molecule has 2 rings (SSSR count). The predicted octanol–water partition coefficient (Wildman–Crippen LogP) is 5.52. The van der Waals surface area contributed by atoms with E-state index in [0.717, 1.165) is 10.5 Å². The zero-order valence-electron chi connectivity index (χ0n) is 9.29. The van der Waals surface area contributed by atoms with Gasteiger partial charge in [0.2, 0.25) is 0 Å². The number of anilines is 1. The second kappa shape index (κ2) is 6.07. The maximum absolute atomic E-state index is 6.11. The summed E-state index contributed by atoms with van der Waals surface area (Å²) in [7, 11) is 0. The highest BCUT2D eigenvalue weighted by Crippen LogP contribution is 2.34. The van der Waals surface area contributed by atoms with Crippen LogP contribution in [0, 0.1) is 0 Å². The van der Waals surface area contributed by atoms with E-state index >= 15 is 0 Å². The van der Waals surface area contributed by atoms with Crippen molar-refractivity contribution in [3.63, 3.8) is 0 Å². The number of halogens is 3. The second-order valence-electron chi connectivity index (χ2n) is 3.67. The van der Waals surface area contributed by atoms with Crippen LogP contribution in [0.25, 0.3) is 0 Å². The summed E-state index contributed by atoms with van der Waals surface area (Å²) in [6.07, 6.45) is 0. The third kappa shape index (κ3) is 3.27. The molecule has 0 fully saturated rings. The van der Waals surface area contributed by atoms with Gasteiger partial charge in [0.1, 0.15) is 0 Å². The van der Waals surface area contributed by atoms with E-state index in [1.165, 1.54) is 0 Å². The number of benzene rings is 2. The highest BCUT2D eigenvalue weighted by Gasteiger charge is 2.08. The van der Waals surface area contributed by atoms with Crippen LogP contribution in [0.1, 0.15) is 5.56 Å². The molecule has 0 heterocycles. The number of hydrogen-bond acceptors (Lipinski definition) is 2. The van der Waals surface area contributed by atoms with Crippen molar-refractivity contribution >= 4 is 52.3 Å². The van der Waals surface area contributed by atoms with Crippen LogP contribution >= 0.6 is 46.6 Å². The molecule has 0 aliphatic rings. The molecule has 2 N–H and O–H groups in total. The van der Waals surface area contributed by atoms with Crippen LogP contribution in [0.4, 0.5) is 5.69 Å². The molecule has 2 aromatic carbocycles. The minimum atomic E-state index is 0.656. The van der Waals surface area contributed by atoms with Gasteiger partial charge in [0.15, 0.2) is 0 Å². The van der Waals surface area contributed by atoms with Crippen molar-refractivity contribution in [3.05, 3.63) is 57.0 Å². The summed E-state index contributed by atoms with van der Waals surface area (Å²) in [6.45, 7) is 0. The van der Waals surface area contributed by atoms with E-state index in [2.05, 4.69) is 0 Å². The van der Waals surface area contributed by atoms with E-state index in [9.17, 15) is 0 Å². The Hall–Kier alpha value is -0.540. The van der Waals surface area contributed by atoms with Gasteiger partial charge in [-0.1, -0.05) is 40.9 Å². The van der Waals surface area contributed by atoms with Crippen molar-refractivity contribution in [3.8, 4) is 0 Å². The van der Waals surface area contributed by atoms with Crippen LogP contribution in [0.5, 0.6) is 0 Å². The van der Waals surface area contributed by atoms with Crippen molar-refractivity contribution in [2.24, 2.45) is 0 Å². The van der Waals surface area contributed by atoms with Crippen LogP contribution in [-0.2, 0) is 5.75 Å². The molecule has 0 atom stereocenters. The third-order valence-electron chi connectivity index (χ3n) is 2.41. The largest absolute Gasteiger partial charge is 0.398 e. The Bertz CT molecular complexity index is 552. The number of nitrogen functional groups attached to an aromatic ring is 1. The van der Waals surface area contributed by atoms with Crippen LogP contribution in [0.15, 0.2) is 41.3 Å². The van der Waals surface area contributed by atoms with Crippen LogP contribution < -0.4 is 5.73 Å². The molecule has 0 amide bonds. The fraction of sp³-hybridized carbons (Fsp3) is 0.0769. The minimum absolute atomic E-state index is 0.656. The highest BCUT2D eigenvalue weighted by molar-refractivity contribution is 7.98. The number of nitrogens with two attached hydrogens (primary N) is 1. The number of thioether (sulfide) groups is 1. The average molecular weight is 319 g/mol. The molecule has 0 bridgehead atoms. The van der Waals surface area contributed by atoms with E-state index < -0.39 is 0 Å². The van der Waals surface area contributed by atoms with E-state index in [0.29, 0.717) is 26.5 Å². The first kappa shape index (κ1) is 13.9. The molecule has 0 unspecified atom stereocenters. The fourth-order valence-electron chi connectivity index (χ4n) is 1.45. The van der Waals surface area contributed by atoms with Gasteiger partial charge in [-0.25, -0.2) is 0 Å². The highest BCUT2D eigenvalue weighted by atomic mass is 35.5. The topological polar surface area (TPSA) is 26.0 Å². The molecule has 0 radical (unpaired) electrons. The molecule has 0 aromatic heterocycles. The molecule has 0 spiro atoms. The molecule has 0 aliphatic heterocycles. The third-order valence-corrected chi connectivity index (χ3v) is 4.45. The van der Waals surface area contributed by atoms with Gasteiger partial charge < -0.3 is 5.73 Å². The summed E-state index contributed by atoms with van der Waals surface area (Å²) in [4.78, 5) is 0.929. The summed E-state index contributed by atoms with van der Waals surface area (Å²) in [5.41, 5.74) is 7.49. The Balaban J connectivity index is 2.19. The standard InChI is InChI=1S/C13H10Cl3NS/c14-8-4-5-12(17)13(6-8)18-7-9-10(15)2-1-3-11(9)16/h1-6H,7,17H2. The van der Waals surface area contributed by atoms with Gasteiger partial charge in [0, 0.05) is 31.4 Å². The van der Waals surface area contributed by atoms with Gasteiger partial charge >= 0.3 is 0 Å². The molecule has 1 nitrogen and oxygen atoms in total. The zero-order chi connectivity index (χ0) is 13.1. The Kier molecular flexibility index (Phi) is 4.68. The lowest BCUT2D eigenvalue weighted by atomic mass is 10.2. The predicted molar refractivity (Wildman–Crippen MR) is 81.9 cm³/mol. The van der Waals surface area contributed by atoms with Crippen molar-refractivity contribution in [2.45, 2.75) is 10.6 Å². The first-order chi connectivity index (χ1) is 8.58. The van der Waals surface area contributed by atoms with Crippen molar-refractivity contribution in [1.82, 2.24) is 0 Å².